The molecule has 1 saturated heterocycles. The molecule has 0 radical (unpaired) electrons. The maximum atomic E-state index is 13.5. The molecule has 5 nitrogen and oxygen atoms in total. The highest BCUT2D eigenvalue weighted by atomic mass is 79.9. The number of hydrogen-bond acceptors (Lipinski definition) is 3. The third-order valence-corrected chi connectivity index (χ3v) is 4.16. The second kappa shape index (κ2) is 7.00. The number of likely N-dealkylation sites (tertiary alicyclic amines) is 1. The molecule has 1 heterocycles. The van der Waals surface area contributed by atoms with E-state index in [1.807, 2.05) is 0 Å². The molecule has 0 spiro atoms. The Morgan fingerprint density at radius 2 is 2.05 bits per heavy atom. The summed E-state index contributed by atoms with van der Waals surface area (Å²) in [6, 6.07) is 4.35. The topological polar surface area (TPSA) is 66.8 Å². The lowest BCUT2D eigenvalue weighted by Gasteiger charge is -2.32. The summed E-state index contributed by atoms with van der Waals surface area (Å²) in [5.74, 6) is -1.71. The Balaban J connectivity index is 1.94. The number of halogens is 2. The summed E-state index contributed by atoms with van der Waals surface area (Å²) < 4.78 is 18.8. The van der Waals surface area contributed by atoms with Crippen LogP contribution in [0.2, 0.25) is 0 Å². The van der Waals surface area contributed by atoms with E-state index in [0.29, 0.717) is 31.5 Å². The highest BCUT2D eigenvalue weighted by Crippen LogP contribution is 2.23. The number of carboxylic acid groups (broad SMARTS) is 1. The highest BCUT2D eigenvalue weighted by molar-refractivity contribution is 9.10. The van der Waals surface area contributed by atoms with Crippen molar-refractivity contribution in [1.82, 2.24) is 4.90 Å². The molecule has 0 aromatic heterocycles. The quantitative estimate of drug-likeness (QED) is 0.895. The van der Waals surface area contributed by atoms with Crippen LogP contribution in [0.25, 0.3) is 0 Å². The van der Waals surface area contributed by atoms with Crippen molar-refractivity contribution in [2.75, 3.05) is 19.7 Å². The summed E-state index contributed by atoms with van der Waals surface area (Å²) in [7, 11) is 0. The average molecular weight is 360 g/mol. The molecule has 7 heteroatoms. The summed E-state index contributed by atoms with van der Waals surface area (Å²) >= 11 is 3.09. The number of carbonyl (C=O) groups is 2. The molecule has 1 amide bonds. The van der Waals surface area contributed by atoms with E-state index >= 15 is 0 Å². The third kappa shape index (κ3) is 4.01. The Bertz CT molecular complexity index is 544. The van der Waals surface area contributed by atoms with Crippen molar-refractivity contribution >= 4 is 27.8 Å². The Labute approximate surface area is 129 Å². The van der Waals surface area contributed by atoms with Crippen LogP contribution in [-0.2, 0) is 9.53 Å². The third-order valence-electron chi connectivity index (χ3n) is 3.35. The molecule has 1 aliphatic heterocycles. The van der Waals surface area contributed by atoms with E-state index in [0.717, 1.165) is 0 Å². The van der Waals surface area contributed by atoms with Gasteiger partial charge in [0.25, 0.3) is 5.91 Å². The van der Waals surface area contributed by atoms with Gasteiger partial charge in [-0.1, -0.05) is 6.07 Å². The van der Waals surface area contributed by atoms with Crippen LogP contribution in [0, 0.1) is 5.82 Å². The van der Waals surface area contributed by atoms with Crippen molar-refractivity contribution in [3.63, 3.8) is 0 Å². The predicted octanol–water partition coefficient (Wildman–Crippen LogP) is 2.29. The van der Waals surface area contributed by atoms with Crippen molar-refractivity contribution in [2.24, 2.45) is 0 Å². The zero-order chi connectivity index (χ0) is 15.4. The molecule has 1 aliphatic rings. The summed E-state index contributed by atoms with van der Waals surface area (Å²) in [4.78, 5) is 24.4. The summed E-state index contributed by atoms with van der Waals surface area (Å²) in [6.45, 7) is 0.603. The molecule has 0 aliphatic carbocycles. The molecule has 2 rings (SSSR count). The average Bonchev–Trinajstić information content (AvgIpc) is 2.48. The van der Waals surface area contributed by atoms with Gasteiger partial charge in [0.2, 0.25) is 0 Å². The number of aliphatic carboxylic acids is 1. The highest BCUT2D eigenvalue weighted by Gasteiger charge is 2.26. The standard InChI is InChI=1S/C14H15BrFNO4/c15-13-10(2-1-3-11(13)16)14(20)17-6-4-9(5-7-17)21-8-12(18)19/h1-3,9H,4-8H2,(H,18,19). The van der Waals surface area contributed by atoms with Gasteiger partial charge in [-0.15, -0.1) is 0 Å². The first kappa shape index (κ1) is 15.9. The van der Waals surface area contributed by atoms with Crippen LogP contribution < -0.4 is 0 Å². The van der Waals surface area contributed by atoms with Gasteiger partial charge < -0.3 is 14.7 Å². The number of amides is 1. The second-order valence-corrected chi connectivity index (χ2v) is 5.59. The smallest absolute Gasteiger partial charge is 0.329 e. The summed E-state index contributed by atoms with van der Waals surface area (Å²) in [5.41, 5.74) is 0.292. The van der Waals surface area contributed by atoms with Crippen LogP contribution in [0.3, 0.4) is 0 Å². The van der Waals surface area contributed by atoms with E-state index in [1.54, 1.807) is 11.0 Å². The van der Waals surface area contributed by atoms with Gasteiger partial charge in [-0.3, -0.25) is 4.79 Å². The normalized spacial score (nSPS) is 16.0. The summed E-state index contributed by atoms with van der Waals surface area (Å²) in [6.07, 6.45) is 0.999. The largest absolute Gasteiger partial charge is 0.480 e. The number of carboxylic acids is 1. The Kier molecular flexibility index (Phi) is 5.30. The maximum Gasteiger partial charge on any atom is 0.329 e. The molecular weight excluding hydrogens is 345 g/mol. The van der Waals surface area contributed by atoms with Crippen LogP contribution in [0.5, 0.6) is 0 Å². The zero-order valence-corrected chi connectivity index (χ0v) is 12.8. The van der Waals surface area contributed by atoms with E-state index in [4.69, 9.17) is 9.84 Å². The lowest BCUT2D eigenvalue weighted by atomic mass is 10.1. The first-order valence-electron chi connectivity index (χ1n) is 6.55. The van der Waals surface area contributed by atoms with Gasteiger partial charge in [0, 0.05) is 13.1 Å². The minimum absolute atomic E-state index is 0.152. The minimum Gasteiger partial charge on any atom is -0.480 e. The van der Waals surface area contributed by atoms with Crippen LogP contribution in [0.15, 0.2) is 22.7 Å². The van der Waals surface area contributed by atoms with Crippen molar-refractivity contribution in [3.05, 3.63) is 34.1 Å². The van der Waals surface area contributed by atoms with E-state index in [1.165, 1.54) is 12.1 Å². The predicted molar refractivity (Wildman–Crippen MR) is 76.6 cm³/mol. The number of benzene rings is 1. The van der Waals surface area contributed by atoms with Crippen molar-refractivity contribution in [3.8, 4) is 0 Å². The lowest BCUT2D eigenvalue weighted by Crippen LogP contribution is -2.41. The fraction of sp³-hybridized carbons (Fsp3) is 0.429. The molecule has 1 aromatic carbocycles. The molecule has 1 fully saturated rings. The number of rotatable bonds is 4. The SMILES string of the molecule is O=C(O)COC1CCN(C(=O)c2cccc(F)c2Br)CC1. The van der Waals surface area contributed by atoms with Gasteiger partial charge in [0.15, 0.2) is 0 Å². The van der Waals surface area contributed by atoms with E-state index in [-0.39, 0.29) is 23.1 Å². The van der Waals surface area contributed by atoms with Gasteiger partial charge in [-0.05, 0) is 40.9 Å². The van der Waals surface area contributed by atoms with Crippen molar-refractivity contribution in [2.45, 2.75) is 18.9 Å². The number of hydrogen-bond donors (Lipinski definition) is 1. The monoisotopic (exact) mass is 359 g/mol. The number of nitrogens with zero attached hydrogens (tertiary/aromatic N) is 1. The Morgan fingerprint density at radius 3 is 2.67 bits per heavy atom. The fourth-order valence-corrected chi connectivity index (χ4v) is 2.69. The number of ether oxygens (including phenoxy) is 1. The van der Waals surface area contributed by atoms with E-state index in [9.17, 15) is 14.0 Å². The zero-order valence-electron chi connectivity index (χ0n) is 11.2. The molecule has 1 aromatic rings. The fourth-order valence-electron chi connectivity index (χ4n) is 2.25. The molecule has 114 valence electrons. The van der Waals surface area contributed by atoms with Crippen LogP contribution in [-0.4, -0.2) is 47.7 Å². The molecule has 0 atom stereocenters. The Hall–Kier alpha value is -1.47. The van der Waals surface area contributed by atoms with Gasteiger partial charge in [-0.25, -0.2) is 9.18 Å². The first-order chi connectivity index (χ1) is 9.99. The van der Waals surface area contributed by atoms with Crippen molar-refractivity contribution in [1.29, 1.82) is 0 Å². The van der Waals surface area contributed by atoms with Gasteiger partial charge in [-0.2, -0.15) is 0 Å². The number of carbonyl (C=O) groups excluding carboxylic acids is 1. The van der Waals surface area contributed by atoms with E-state index < -0.39 is 11.8 Å². The molecule has 21 heavy (non-hydrogen) atoms. The second-order valence-electron chi connectivity index (χ2n) is 4.80. The minimum atomic E-state index is -1.00. The summed E-state index contributed by atoms with van der Waals surface area (Å²) in [5, 5.41) is 8.56. The molecule has 0 unspecified atom stereocenters. The lowest BCUT2D eigenvalue weighted by molar-refractivity contribution is -0.145. The van der Waals surface area contributed by atoms with Crippen LogP contribution in [0.4, 0.5) is 4.39 Å². The molecule has 1 N–H and O–H groups in total. The number of piperidine rings is 1. The van der Waals surface area contributed by atoms with Crippen molar-refractivity contribution < 1.29 is 23.8 Å². The molecule has 0 bridgehead atoms. The molecular formula is C14H15BrFNO4. The van der Waals surface area contributed by atoms with E-state index in [2.05, 4.69) is 15.9 Å². The van der Waals surface area contributed by atoms with Crippen LogP contribution in [0.1, 0.15) is 23.2 Å². The maximum absolute atomic E-state index is 13.5. The van der Waals surface area contributed by atoms with Gasteiger partial charge in [0.1, 0.15) is 12.4 Å². The van der Waals surface area contributed by atoms with Gasteiger partial charge >= 0.3 is 5.97 Å². The molecule has 0 saturated carbocycles. The van der Waals surface area contributed by atoms with Gasteiger partial charge in [0.05, 0.1) is 16.1 Å². The van der Waals surface area contributed by atoms with Crippen LogP contribution >= 0.6 is 15.9 Å². The first-order valence-corrected chi connectivity index (χ1v) is 7.35. The Morgan fingerprint density at radius 1 is 1.38 bits per heavy atom.